The first-order valence-corrected chi connectivity index (χ1v) is 12.8. The zero-order valence-electron chi connectivity index (χ0n) is 14.5. The summed E-state index contributed by atoms with van der Waals surface area (Å²) in [4.78, 5) is 0. The first-order chi connectivity index (χ1) is 12.3. The van der Waals surface area contributed by atoms with E-state index in [4.69, 9.17) is 0 Å². The van der Waals surface area contributed by atoms with Crippen molar-refractivity contribution in [1.29, 1.82) is 0 Å². The fraction of sp³-hybridized carbons (Fsp3) is 0.200. The van der Waals surface area contributed by atoms with Crippen LogP contribution in [0.3, 0.4) is 0 Å². The summed E-state index contributed by atoms with van der Waals surface area (Å²) in [5, 5.41) is 0. The molecule has 2 aliphatic rings. The van der Waals surface area contributed by atoms with Crippen molar-refractivity contribution < 1.29 is 92.6 Å². The van der Waals surface area contributed by atoms with E-state index >= 15 is 0 Å². The van der Waals surface area contributed by atoms with Gasteiger partial charge >= 0.3 is 116 Å². The molecule has 0 saturated heterocycles. The molecule has 0 unspecified atom stereocenters. The topological polar surface area (TPSA) is 0 Å². The summed E-state index contributed by atoms with van der Waals surface area (Å²) in [6.07, 6.45) is 19.0. The van der Waals surface area contributed by atoms with Gasteiger partial charge in [0.1, 0.15) is 0 Å². The fourth-order valence-electron chi connectivity index (χ4n) is 0.786. The number of halogens is 18. The average molecular weight is 623 g/mol. The maximum atomic E-state index is 9.87. The molecule has 0 aromatic rings. The van der Waals surface area contributed by atoms with Gasteiger partial charge < -0.3 is 0 Å². The minimum atomic E-state index is -10.7. The van der Waals surface area contributed by atoms with Crippen molar-refractivity contribution in [3.8, 4) is 0 Å². The van der Waals surface area contributed by atoms with Crippen molar-refractivity contribution in [2.45, 2.75) is 12.8 Å². The van der Waals surface area contributed by atoms with Gasteiger partial charge in [-0.2, -0.15) is 0 Å². The molecule has 0 aromatic carbocycles. The molecule has 0 nitrogen and oxygen atoms in total. The Kier molecular flexibility index (Phi) is 10.8. The maximum absolute atomic E-state index is 10.7. The Morgan fingerprint density at radius 3 is 0.438 bits per heavy atom. The second kappa shape index (κ2) is 8.94. The van der Waals surface area contributed by atoms with Crippen molar-refractivity contribution in [3.63, 3.8) is 0 Å². The van der Waals surface area contributed by atoms with Crippen molar-refractivity contribution in [2.75, 3.05) is 0 Å². The van der Waals surface area contributed by atoms with Crippen LogP contribution in [0.2, 0.25) is 0 Å². The Morgan fingerprint density at radius 1 is 0.312 bits per heavy atom. The van der Waals surface area contributed by atoms with E-state index in [1.54, 1.807) is 0 Å². The monoisotopic (exact) mass is 623 g/mol. The van der Waals surface area contributed by atoms with E-state index in [0.717, 1.165) is 12.8 Å². The molecule has 2 aliphatic carbocycles. The van der Waals surface area contributed by atoms with E-state index in [0.29, 0.717) is 0 Å². The van der Waals surface area contributed by atoms with Crippen LogP contribution in [-0.4, -0.2) is 0 Å². The summed E-state index contributed by atoms with van der Waals surface area (Å²) in [7, 11) is -32.0. The number of hydrogen-bond donors (Lipinski definition) is 0. The second-order valence-corrected chi connectivity index (χ2v) is 10.8. The van der Waals surface area contributed by atoms with Crippen LogP contribution in [0, 0.1) is 0 Å². The van der Waals surface area contributed by atoms with Gasteiger partial charge in [0.2, 0.25) is 0 Å². The van der Waals surface area contributed by atoms with Crippen LogP contribution < -0.4 is 0 Å². The molecule has 0 atom stereocenters. The van der Waals surface area contributed by atoms with E-state index in [1.807, 2.05) is 0 Å². The van der Waals surface area contributed by atoms with Crippen LogP contribution >= 0.6 is 23.4 Å². The van der Waals surface area contributed by atoms with Crippen LogP contribution in [0.1, 0.15) is 12.8 Å². The minimum Gasteiger partial charge on any atom is 3.00 e. The van der Waals surface area contributed by atoms with Gasteiger partial charge in [-0.05, 0) is 12.8 Å². The first-order valence-electron chi connectivity index (χ1n) is 6.68. The van der Waals surface area contributed by atoms with Gasteiger partial charge in [0.15, 0.2) is 0 Å². The Balaban J connectivity index is -0.000000153. The standard InChI is InChI=1S/2C5H6.3F6P.Fe/c2*1-2-4-5-3-1;3*1-7(2,3,4,5)6;/h2*1-4H,5H2;;;;/q;;3*-1;+3. The minimum absolute atomic E-state index is 0. The second-order valence-electron chi connectivity index (χ2n) is 5.06. The van der Waals surface area contributed by atoms with Crippen LogP contribution in [0.15, 0.2) is 48.6 Å². The van der Waals surface area contributed by atoms with Gasteiger partial charge in [0.05, 0.1) is 0 Å². The summed E-state index contributed by atoms with van der Waals surface area (Å²) in [6.45, 7) is 0. The summed E-state index contributed by atoms with van der Waals surface area (Å²) in [5.74, 6) is 0. The molecule has 0 spiro atoms. The summed E-state index contributed by atoms with van der Waals surface area (Å²) >= 11 is 0. The maximum Gasteiger partial charge on any atom is 3.00 e. The normalized spacial score (nSPS) is 20.7. The molecule has 1 radical (unpaired) electrons. The van der Waals surface area contributed by atoms with E-state index in [2.05, 4.69) is 48.6 Å². The quantitative estimate of drug-likeness (QED) is 0.143. The SMILES string of the molecule is C1=CCC=C1.C1=CCC=C1.F[P-](F)(F)(F)(F)F.F[P-](F)(F)(F)(F)F.F[P-](F)(F)(F)(F)F.[Fe+3]. The predicted molar refractivity (Wildman–Crippen MR) is 86.5 cm³/mol. The molecule has 0 saturated carbocycles. The predicted octanol–water partition coefficient (Wildman–Crippen LogP) is 13.1. The average Bonchev–Trinajstić information content (AvgIpc) is 2.95. The van der Waals surface area contributed by atoms with Gasteiger partial charge in [0, 0.05) is 0 Å². The molecular formula is C10H12F18FeP3. The van der Waals surface area contributed by atoms with Crippen molar-refractivity contribution in [1.82, 2.24) is 0 Å². The van der Waals surface area contributed by atoms with E-state index in [-0.39, 0.29) is 17.1 Å². The largest absolute Gasteiger partial charge is 3.00 e. The summed E-state index contributed by atoms with van der Waals surface area (Å²) in [6, 6.07) is 0. The van der Waals surface area contributed by atoms with Crippen molar-refractivity contribution >= 4 is 23.4 Å². The fourth-order valence-corrected chi connectivity index (χ4v) is 0.786. The van der Waals surface area contributed by atoms with Gasteiger partial charge in [-0.3, -0.25) is 0 Å². The van der Waals surface area contributed by atoms with Crippen molar-refractivity contribution in [2.24, 2.45) is 0 Å². The van der Waals surface area contributed by atoms with E-state index < -0.39 is 23.4 Å². The third-order valence-corrected chi connectivity index (χ3v) is 1.31. The van der Waals surface area contributed by atoms with E-state index in [9.17, 15) is 75.5 Å². The van der Waals surface area contributed by atoms with Gasteiger partial charge in [-0.25, -0.2) is 0 Å². The van der Waals surface area contributed by atoms with Crippen LogP contribution in [-0.2, 0) is 17.1 Å². The van der Waals surface area contributed by atoms with Gasteiger partial charge in [-0.15, -0.1) is 0 Å². The van der Waals surface area contributed by atoms with Gasteiger partial charge in [0.25, 0.3) is 0 Å². The third kappa shape index (κ3) is 265. The number of rotatable bonds is 0. The van der Waals surface area contributed by atoms with Gasteiger partial charge in [-0.1, -0.05) is 48.6 Å². The van der Waals surface area contributed by atoms with Crippen molar-refractivity contribution in [3.05, 3.63) is 48.6 Å². The third-order valence-electron chi connectivity index (χ3n) is 1.31. The molecule has 2 rings (SSSR count). The molecule has 201 valence electrons. The molecule has 0 N–H and O–H groups in total. The smallest absolute Gasteiger partial charge is 3.00 e. The molecule has 0 heterocycles. The Labute approximate surface area is 178 Å². The summed E-state index contributed by atoms with van der Waals surface area (Å²) in [5.41, 5.74) is 0. The molecule has 0 fully saturated rings. The zero-order chi connectivity index (χ0) is 26.3. The molecular weight excluding hydrogens is 611 g/mol. The molecule has 32 heavy (non-hydrogen) atoms. The van der Waals surface area contributed by atoms with Crippen LogP contribution in [0.25, 0.3) is 0 Å². The molecule has 0 aromatic heterocycles. The Bertz CT molecular complexity index is 555. The van der Waals surface area contributed by atoms with Crippen LogP contribution in [0.4, 0.5) is 75.5 Å². The number of allylic oxidation sites excluding steroid dienone is 8. The first kappa shape index (κ1) is 38.8. The Hall–Kier alpha value is -0.491. The Morgan fingerprint density at radius 2 is 0.406 bits per heavy atom. The van der Waals surface area contributed by atoms with Crippen LogP contribution in [0.5, 0.6) is 0 Å². The molecule has 0 amide bonds. The summed E-state index contributed by atoms with van der Waals surface area (Å²) < 4.78 is 178. The molecule has 22 heteroatoms. The molecule has 0 aliphatic heterocycles. The van der Waals surface area contributed by atoms with E-state index in [1.165, 1.54) is 0 Å². The molecule has 0 bridgehead atoms. The number of hydrogen-bond acceptors (Lipinski definition) is 0. The zero-order valence-corrected chi connectivity index (χ0v) is 18.3.